The van der Waals surface area contributed by atoms with Gasteiger partial charge in [-0.1, -0.05) is 12.1 Å². The summed E-state index contributed by atoms with van der Waals surface area (Å²) in [5, 5.41) is 14.1. The Labute approximate surface area is 214 Å². The molecule has 198 valence electrons. The summed E-state index contributed by atoms with van der Waals surface area (Å²) in [5.74, 6) is -1.88. The molecule has 1 fully saturated rings. The van der Waals surface area contributed by atoms with Crippen LogP contribution >= 0.6 is 11.8 Å². The summed E-state index contributed by atoms with van der Waals surface area (Å²) in [5.41, 5.74) is -2.10. The fourth-order valence-corrected chi connectivity index (χ4v) is 5.04. The largest absolute Gasteiger partial charge is 0.481 e. The molecule has 0 aliphatic carbocycles. The van der Waals surface area contributed by atoms with E-state index >= 15 is 0 Å². The third kappa shape index (κ3) is 4.99. The van der Waals surface area contributed by atoms with Gasteiger partial charge >= 0.3 is 18.3 Å². The maximum Gasteiger partial charge on any atom is 0.416 e. The summed E-state index contributed by atoms with van der Waals surface area (Å²) in [7, 11) is 0. The number of carbonyl (C=O) groups is 2. The Morgan fingerprint density at radius 2 is 1.82 bits per heavy atom. The van der Waals surface area contributed by atoms with Crippen LogP contribution in [-0.2, 0) is 28.5 Å². The molecule has 0 bridgehead atoms. The van der Waals surface area contributed by atoms with Gasteiger partial charge in [0, 0.05) is 18.5 Å². The summed E-state index contributed by atoms with van der Waals surface area (Å²) < 4.78 is 80.7. The molecule has 0 spiro atoms. The number of hydrogen-bond acceptors (Lipinski definition) is 5. The van der Waals surface area contributed by atoms with Crippen molar-refractivity contribution in [1.82, 2.24) is 14.7 Å². The van der Waals surface area contributed by atoms with E-state index in [0.717, 1.165) is 17.8 Å². The monoisotopic (exact) mass is 554 g/mol. The van der Waals surface area contributed by atoms with Crippen LogP contribution in [0.2, 0.25) is 0 Å². The van der Waals surface area contributed by atoms with Crippen LogP contribution in [0.25, 0.3) is 17.0 Å². The van der Waals surface area contributed by atoms with Gasteiger partial charge in [-0.25, -0.2) is 0 Å². The van der Waals surface area contributed by atoms with Crippen LogP contribution in [0.4, 0.5) is 26.3 Å². The molecule has 1 aromatic heterocycles. The van der Waals surface area contributed by atoms with E-state index in [0.29, 0.717) is 32.6 Å². The van der Waals surface area contributed by atoms with Gasteiger partial charge in [-0.15, -0.1) is 0 Å². The molecule has 0 radical (unpaired) electrons. The third-order valence-electron chi connectivity index (χ3n) is 6.14. The van der Waals surface area contributed by atoms with Gasteiger partial charge in [0.15, 0.2) is 5.17 Å². The van der Waals surface area contributed by atoms with Gasteiger partial charge in [0.05, 0.1) is 40.2 Å². The first-order valence-corrected chi connectivity index (χ1v) is 11.8. The zero-order valence-corrected chi connectivity index (χ0v) is 19.9. The van der Waals surface area contributed by atoms with E-state index in [1.807, 2.05) is 0 Å². The molecule has 7 nitrogen and oxygen atoms in total. The molecule has 2 aliphatic heterocycles. The Morgan fingerprint density at radius 3 is 2.47 bits per heavy atom. The fraction of sp³-hybridized carbons (Fsp3) is 0.250. The van der Waals surface area contributed by atoms with Crippen LogP contribution in [0.1, 0.15) is 22.3 Å². The molecular weight excluding hydrogens is 538 g/mol. The molecule has 2 aliphatic rings. The second-order valence-electron chi connectivity index (χ2n) is 8.74. The van der Waals surface area contributed by atoms with Crippen molar-refractivity contribution >= 4 is 45.8 Å². The van der Waals surface area contributed by atoms with E-state index in [9.17, 15) is 35.9 Å². The number of alkyl halides is 6. The molecule has 0 saturated carbocycles. The number of carboxylic acid groups (broad SMARTS) is 1. The van der Waals surface area contributed by atoms with Gasteiger partial charge in [0.25, 0.3) is 5.91 Å². The highest BCUT2D eigenvalue weighted by atomic mass is 32.2. The highest BCUT2D eigenvalue weighted by Crippen LogP contribution is 2.38. The number of amidine groups is 1. The number of carboxylic acids is 1. The number of benzene rings is 2. The molecular formula is C24H16F6N4O3S. The molecule has 0 unspecified atom stereocenters. The topological polar surface area (TPSA) is 87.8 Å². The Morgan fingerprint density at radius 1 is 1.08 bits per heavy atom. The lowest BCUT2D eigenvalue weighted by molar-refractivity contribution is -0.146. The van der Waals surface area contributed by atoms with Gasteiger partial charge in [0.2, 0.25) is 0 Å². The smallest absolute Gasteiger partial charge is 0.416 e. The SMILES string of the molecule is O=C1N=C(N2CC(C(=O)O)C2)S/C1=C\c1ccc2c(cnn2Cc2ccc(C(F)(F)F)cc2C(F)(F)F)c1. The summed E-state index contributed by atoms with van der Waals surface area (Å²) in [6.07, 6.45) is -6.91. The van der Waals surface area contributed by atoms with Crippen molar-refractivity contribution in [2.75, 3.05) is 13.1 Å². The van der Waals surface area contributed by atoms with E-state index in [1.165, 1.54) is 10.9 Å². The average Bonchev–Trinajstić information content (AvgIpc) is 3.34. The van der Waals surface area contributed by atoms with Crippen molar-refractivity contribution in [1.29, 1.82) is 0 Å². The summed E-state index contributed by atoms with van der Waals surface area (Å²) in [6.45, 7) is 0.124. The van der Waals surface area contributed by atoms with E-state index < -0.39 is 47.8 Å². The highest BCUT2D eigenvalue weighted by molar-refractivity contribution is 8.18. The first kappa shape index (κ1) is 25.8. The number of amides is 1. The second-order valence-corrected chi connectivity index (χ2v) is 9.75. The quantitative estimate of drug-likeness (QED) is 0.357. The molecule has 38 heavy (non-hydrogen) atoms. The Hall–Kier alpha value is -3.81. The number of carbonyl (C=O) groups excluding carboxylic acids is 1. The average molecular weight is 554 g/mol. The first-order valence-electron chi connectivity index (χ1n) is 11.0. The fourth-order valence-electron chi connectivity index (χ4n) is 4.11. The van der Waals surface area contributed by atoms with E-state index in [4.69, 9.17) is 5.11 Å². The number of fused-ring (bicyclic) bond motifs is 1. The number of aliphatic carboxylic acids is 1. The zero-order valence-electron chi connectivity index (χ0n) is 19.0. The summed E-state index contributed by atoms with van der Waals surface area (Å²) in [4.78, 5) is 29.3. The molecule has 0 atom stereocenters. The van der Waals surface area contributed by atoms with Crippen molar-refractivity contribution in [3.05, 3.63) is 69.8 Å². The maximum absolute atomic E-state index is 13.5. The molecule has 1 amide bonds. The Balaban J connectivity index is 1.36. The number of thioether (sulfide) groups is 1. The number of likely N-dealkylation sites (tertiary alicyclic amines) is 1. The van der Waals surface area contributed by atoms with E-state index in [1.54, 1.807) is 29.2 Å². The number of hydrogen-bond donors (Lipinski definition) is 1. The van der Waals surface area contributed by atoms with E-state index in [2.05, 4.69) is 10.1 Å². The molecule has 3 aromatic rings. The predicted octanol–water partition coefficient (Wildman–Crippen LogP) is 5.11. The zero-order chi connectivity index (χ0) is 27.4. The van der Waals surface area contributed by atoms with Gasteiger partial charge in [-0.05, 0) is 53.2 Å². The molecule has 1 N–H and O–H groups in total. The summed E-state index contributed by atoms with van der Waals surface area (Å²) in [6, 6.07) is 6.38. The van der Waals surface area contributed by atoms with Crippen LogP contribution in [0.3, 0.4) is 0 Å². The van der Waals surface area contributed by atoms with Gasteiger partial charge in [-0.3, -0.25) is 14.3 Å². The highest BCUT2D eigenvalue weighted by Gasteiger charge is 2.39. The van der Waals surface area contributed by atoms with Crippen LogP contribution in [-0.4, -0.2) is 49.9 Å². The van der Waals surface area contributed by atoms with Crippen LogP contribution in [0, 0.1) is 5.92 Å². The van der Waals surface area contributed by atoms with Crippen molar-refractivity contribution in [3.8, 4) is 0 Å². The lowest BCUT2D eigenvalue weighted by Crippen LogP contribution is -2.51. The van der Waals surface area contributed by atoms with Crippen LogP contribution in [0.5, 0.6) is 0 Å². The predicted molar refractivity (Wildman–Crippen MR) is 126 cm³/mol. The lowest BCUT2D eigenvalue weighted by atomic mass is 10.0. The number of halogens is 6. The number of aliphatic imine (C=N–C) groups is 1. The van der Waals surface area contributed by atoms with Gasteiger partial charge in [-0.2, -0.15) is 36.4 Å². The molecule has 14 heteroatoms. The molecule has 1 saturated heterocycles. The summed E-state index contributed by atoms with van der Waals surface area (Å²) >= 11 is 1.12. The minimum atomic E-state index is -4.99. The van der Waals surface area contributed by atoms with Crippen molar-refractivity contribution in [2.45, 2.75) is 18.9 Å². The number of nitrogens with zero attached hydrogens (tertiary/aromatic N) is 4. The molecule has 2 aromatic carbocycles. The number of rotatable bonds is 4. The Bertz CT molecular complexity index is 1520. The minimum absolute atomic E-state index is 0.0971. The van der Waals surface area contributed by atoms with Crippen LogP contribution in [0.15, 0.2) is 52.5 Å². The van der Waals surface area contributed by atoms with Gasteiger partial charge in [0.1, 0.15) is 0 Å². The standard InChI is InChI=1S/C24H16F6N4O3S/c25-23(26,27)16-3-2-13(17(7-16)24(28,29)30)11-34-18-4-1-12(5-14(18)8-31-34)6-19-20(35)32-22(38-19)33-9-15(10-33)21(36)37/h1-8,15H,9-11H2,(H,36,37)/b19-6-. The Kier molecular flexibility index (Phi) is 6.24. The number of aromatic nitrogens is 2. The molecule has 3 heterocycles. The van der Waals surface area contributed by atoms with E-state index in [-0.39, 0.29) is 24.7 Å². The maximum atomic E-state index is 13.5. The van der Waals surface area contributed by atoms with Crippen LogP contribution < -0.4 is 0 Å². The van der Waals surface area contributed by atoms with Gasteiger partial charge < -0.3 is 10.0 Å². The first-order chi connectivity index (χ1) is 17.8. The normalized spacial score (nSPS) is 17.8. The minimum Gasteiger partial charge on any atom is -0.481 e. The van der Waals surface area contributed by atoms with Crippen molar-refractivity contribution in [3.63, 3.8) is 0 Å². The third-order valence-corrected chi connectivity index (χ3v) is 7.18. The lowest BCUT2D eigenvalue weighted by Gasteiger charge is -2.37. The van der Waals surface area contributed by atoms with Crippen molar-refractivity contribution in [2.24, 2.45) is 10.9 Å². The second kappa shape index (κ2) is 9.19. The molecule has 5 rings (SSSR count). The van der Waals surface area contributed by atoms with Crippen molar-refractivity contribution < 1.29 is 41.0 Å².